The first kappa shape index (κ1) is 16.2. The van der Waals surface area contributed by atoms with Gasteiger partial charge in [-0.3, -0.25) is 4.79 Å². The van der Waals surface area contributed by atoms with Gasteiger partial charge in [0.2, 0.25) is 12.3 Å². The van der Waals surface area contributed by atoms with Crippen LogP contribution in [0.2, 0.25) is 0 Å². The van der Waals surface area contributed by atoms with Gasteiger partial charge in [-0.05, 0) is 18.4 Å². The maximum Gasteiger partial charge on any atom is 0.227 e. The Bertz CT molecular complexity index is 554. The smallest absolute Gasteiger partial charge is 0.227 e. The molecule has 2 aromatic rings. The molecule has 0 unspecified atom stereocenters. The molecule has 19 heavy (non-hydrogen) atoms. The Morgan fingerprint density at radius 2 is 1.84 bits per heavy atom. The van der Waals surface area contributed by atoms with Crippen LogP contribution in [0, 0.1) is 6.92 Å². The van der Waals surface area contributed by atoms with Crippen molar-refractivity contribution >= 4 is 17.5 Å². The summed E-state index contributed by atoms with van der Waals surface area (Å²) in [6, 6.07) is 13.7. The number of pyridine rings is 1. The number of benzene rings is 1. The minimum absolute atomic E-state index is 0. The highest BCUT2D eigenvalue weighted by Gasteiger charge is 2.13. The van der Waals surface area contributed by atoms with Crippen molar-refractivity contribution in [3.8, 4) is 0 Å². The van der Waals surface area contributed by atoms with Gasteiger partial charge >= 0.3 is 0 Å². The van der Waals surface area contributed by atoms with E-state index in [1.165, 1.54) is 4.90 Å². The molecule has 1 aromatic heterocycles. The van der Waals surface area contributed by atoms with E-state index in [4.69, 9.17) is 0 Å². The van der Waals surface area contributed by atoms with E-state index < -0.39 is 0 Å². The Kier molecular flexibility index (Phi) is 6.51. The number of aryl methyl sites for hydroxylation is 1. The fraction of sp³-hybridized carbons (Fsp3) is 0.200. The van der Waals surface area contributed by atoms with E-state index in [9.17, 15) is 4.79 Å². The summed E-state index contributed by atoms with van der Waals surface area (Å²) in [5.74, 6) is 0.141. The van der Waals surface area contributed by atoms with Gasteiger partial charge in [-0.2, -0.15) is 4.57 Å². The number of nitrogens with zero attached hydrogens (tertiary/aromatic N) is 1. The standard InChI is InChI=1S/C15H16NOS.HI/c1-12-5-3-4-10-16(12)11-15(17)13-6-8-14(18-2)9-7-13;/h3-10H,11H2,1-2H3;1H/q+1;/p-1. The summed E-state index contributed by atoms with van der Waals surface area (Å²) in [5, 5.41) is 0. The van der Waals surface area contributed by atoms with Gasteiger partial charge in [0.1, 0.15) is 0 Å². The van der Waals surface area contributed by atoms with E-state index in [1.54, 1.807) is 11.8 Å². The topological polar surface area (TPSA) is 20.9 Å². The molecule has 0 N–H and O–H groups in total. The third-order valence-electron chi connectivity index (χ3n) is 2.89. The average molecular weight is 385 g/mol. The molecule has 1 aromatic carbocycles. The van der Waals surface area contributed by atoms with Crippen molar-refractivity contribution in [1.29, 1.82) is 0 Å². The highest BCUT2D eigenvalue weighted by Crippen LogP contribution is 2.15. The minimum Gasteiger partial charge on any atom is -1.00 e. The number of hydrogen-bond acceptors (Lipinski definition) is 2. The lowest BCUT2D eigenvalue weighted by molar-refractivity contribution is -0.689. The predicted molar refractivity (Wildman–Crippen MR) is 73.9 cm³/mol. The molecule has 0 amide bonds. The van der Waals surface area contributed by atoms with Gasteiger partial charge < -0.3 is 24.0 Å². The molecule has 0 bridgehead atoms. The number of halogens is 1. The lowest BCUT2D eigenvalue weighted by atomic mass is 10.1. The first-order valence-corrected chi connectivity index (χ1v) is 7.05. The zero-order chi connectivity index (χ0) is 13.0. The van der Waals surface area contributed by atoms with Crippen LogP contribution in [0.1, 0.15) is 16.1 Å². The molecule has 4 heteroatoms. The first-order chi connectivity index (χ1) is 8.70. The monoisotopic (exact) mass is 385 g/mol. The number of hydrogen-bond donors (Lipinski definition) is 0. The molecule has 0 atom stereocenters. The largest absolute Gasteiger partial charge is 1.00 e. The normalized spacial score (nSPS) is 9.79. The molecular weight excluding hydrogens is 369 g/mol. The number of carbonyl (C=O) groups excluding carboxylic acids is 1. The van der Waals surface area contributed by atoms with Crippen LogP contribution in [-0.2, 0) is 6.54 Å². The number of thioether (sulfide) groups is 1. The van der Waals surface area contributed by atoms with Gasteiger partial charge in [0.05, 0.1) is 0 Å². The van der Waals surface area contributed by atoms with Crippen LogP contribution in [0.15, 0.2) is 53.6 Å². The number of ketones is 1. The fourth-order valence-corrected chi connectivity index (χ4v) is 2.17. The second kappa shape index (κ2) is 7.65. The van der Waals surface area contributed by atoms with Crippen LogP contribution in [0.5, 0.6) is 0 Å². The molecule has 0 spiro atoms. The van der Waals surface area contributed by atoms with E-state index in [0.29, 0.717) is 6.54 Å². The summed E-state index contributed by atoms with van der Waals surface area (Å²) in [6.45, 7) is 2.40. The molecule has 0 fully saturated rings. The summed E-state index contributed by atoms with van der Waals surface area (Å²) in [5.41, 5.74) is 1.86. The predicted octanol–water partition coefficient (Wildman–Crippen LogP) is -0.109. The zero-order valence-corrected chi connectivity index (χ0v) is 13.9. The molecule has 2 rings (SSSR count). The maximum absolute atomic E-state index is 12.1. The Morgan fingerprint density at radius 3 is 2.42 bits per heavy atom. The van der Waals surface area contributed by atoms with Crippen molar-refractivity contribution in [1.82, 2.24) is 0 Å². The molecule has 1 heterocycles. The molecule has 2 nitrogen and oxygen atoms in total. The number of carbonyl (C=O) groups is 1. The van der Waals surface area contributed by atoms with Gasteiger partial charge in [-0.1, -0.05) is 18.2 Å². The van der Waals surface area contributed by atoms with Crippen molar-refractivity contribution < 1.29 is 33.3 Å². The minimum atomic E-state index is 0. The molecule has 0 saturated heterocycles. The summed E-state index contributed by atoms with van der Waals surface area (Å²) in [6.07, 6.45) is 3.96. The number of rotatable bonds is 4. The van der Waals surface area contributed by atoms with E-state index in [2.05, 4.69) is 0 Å². The van der Waals surface area contributed by atoms with Gasteiger partial charge in [-0.25, -0.2) is 0 Å². The molecule has 0 aliphatic carbocycles. The Labute approximate surface area is 135 Å². The second-order valence-electron chi connectivity index (χ2n) is 4.12. The van der Waals surface area contributed by atoms with E-state index in [0.717, 1.165) is 11.3 Å². The molecule has 0 aliphatic rings. The van der Waals surface area contributed by atoms with Crippen molar-refractivity contribution in [3.63, 3.8) is 0 Å². The summed E-state index contributed by atoms with van der Waals surface area (Å²) in [7, 11) is 0. The van der Waals surface area contributed by atoms with Gasteiger partial charge in [0.25, 0.3) is 0 Å². The zero-order valence-electron chi connectivity index (χ0n) is 11.0. The van der Waals surface area contributed by atoms with Gasteiger partial charge in [0, 0.05) is 29.5 Å². The van der Waals surface area contributed by atoms with E-state index >= 15 is 0 Å². The second-order valence-corrected chi connectivity index (χ2v) is 5.00. The quantitative estimate of drug-likeness (QED) is 0.317. The highest BCUT2D eigenvalue weighted by atomic mass is 127. The number of aromatic nitrogens is 1. The molecular formula is C15H16INOS. The third-order valence-corrected chi connectivity index (χ3v) is 3.64. The molecule has 0 saturated carbocycles. The Hall–Kier alpha value is -0.880. The highest BCUT2D eigenvalue weighted by molar-refractivity contribution is 7.98. The summed E-state index contributed by atoms with van der Waals surface area (Å²) >= 11 is 1.68. The summed E-state index contributed by atoms with van der Waals surface area (Å²) < 4.78 is 1.96. The van der Waals surface area contributed by atoms with Crippen LogP contribution >= 0.6 is 11.8 Å². The van der Waals surface area contributed by atoms with Crippen LogP contribution < -0.4 is 28.5 Å². The van der Waals surface area contributed by atoms with E-state index in [-0.39, 0.29) is 29.8 Å². The van der Waals surface area contributed by atoms with Crippen LogP contribution in [0.4, 0.5) is 0 Å². The van der Waals surface area contributed by atoms with Crippen molar-refractivity contribution in [3.05, 3.63) is 59.9 Å². The van der Waals surface area contributed by atoms with E-state index in [1.807, 2.05) is 66.4 Å². The van der Waals surface area contributed by atoms with Crippen LogP contribution in [-0.4, -0.2) is 12.0 Å². The third kappa shape index (κ3) is 4.31. The van der Waals surface area contributed by atoms with Gasteiger partial charge in [0.15, 0.2) is 11.9 Å². The Morgan fingerprint density at radius 1 is 1.16 bits per heavy atom. The van der Waals surface area contributed by atoms with Gasteiger partial charge in [-0.15, -0.1) is 11.8 Å². The summed E-state index contributed by atoms with van der Waals surface area (Å²) in [4.78, 5) is 13.3. The average Bonchev–Trinajstić information content (AvgIpc) is 2.41. The molecule has 0 radical (unpaired) electrons. The maximum atomic E-state index is 12.1. The Balaban J connectivity index is 0.00000180. The molecule has 0 aliphatic heterocycles. The number of Topliss-reactive ketones (excluding diaryl/α,β-unsaturated/α-hetero) is 1. The van der Waals surface area contributed by atoms with Crippen molar-refractivity contribution in [2.24, 2.45) is 0 Å². The lowest BCUT2D eigenvalue weighted by Gasteiger charge is -2.01. The fourth-order valence-electron chi connectivity index (χ4n) is 1.76. The lowest BCUT2D eigenvalue weighted by Crippen LogP contribution is -3.00. The van der Waals surface area contributed by atoms with Crippen molar-refractivity contribution in [2.75, 3.05) is 6.26 Å². The molecule has 100 valence electrons. The van der Waals surface area contributed by atoms with Crippen molar-refractivity contribution in [2.45, 2.75) is 18.4 Å². The van der Waals surface area contributed by atoms with Crippen LogP contribution in [0.3, 0.4) is 0 Å². The SMILES string of the molecule is CSc1ccc(C(=O)C[n+]2ccccc2C)cc1.[I-]. The first-order valence-electron chi connectivity index (χ1n) is 5.83. The van der Waals surface area contributed by atoms with Crippen LogP contribution in [0.25, 0.3) is 0 Å².